The highest BCUT2D eigenvalue weighted by Gasteiger charge is 2.63. The SMILES string of the molecule is COC[C@]12CC[C@@](C)(O)C[C@H]1CC[C@H]1[C@@H]3CC[C@H](C(=O)Cn4ncc5c(F)cccc54)[C@@]3(C)CC[C@@H]12. The fraction of sp³-hybridized carbons (Fsp3) is 0.733. The third kappa shape index (κ3) is 3.61. The van der Waals surface area contributed by atoms with E-state index in [1.54, 1.807) is 10.7 Å². The molecule has 1 aromatic heterocycles. The molecule has 0 amide bonds. The molecule has 2 aromatic rings. The van der Waals surface area contributed by atoms with Crippen molar-refractivity contribution in [2.45, 2.75) is 83.8 Å². The number of hydrogen-bond donors (Lipinski definition) is 1. The predicted octanol–water partition coefficient (Wildman–Crippen LogP) is 5.78. The summed E-state index contributed by atoms with van der Waals surface area (Å²) < 4.78 is 21.7. The number of ether oxygens (including phenoxy) is 1. The number of methoxy groups -OCH3 is 1. The van der Waals surface area contributed by atoms with Crippen molar-refractivity contribution in [1.82, 2.24) is 9.78 Å². The summed E-state index contributed by atoms with van der Waals surface area (Å²) in [5.41, 5.74) is 0.331. The van der Waals surface area contributed by atoms with Crippen molar-refractivity contribution in [3.63, 3.8) is 0 Å². The van der Waals surface area contributed by atoms with Crippen LogP contribution in [-0.2, 0) is 16.1 Å². The number of halogens is 1. The van der Waals surface area contributed by atoms with Crippen LogP contribution in [-0.4, -0.2) is 40.0 Å². The lowest BCUT2D eigenvalue weighted by Gasteiger charge is -2.62. The van der Waals surface area contributed by atoms with E-state index in [0.717, 1.165) is 58.0 Å². The maximum absolute atomic E-state index is 14.2. The molecule has 5 nitrogen and oxygen atoms in total. The summed E-state index contributed by atoms with van der Waals surface area (Å²) in [6.07, 6.45) is 11.0. The maximum Gasteiger partial charge on any atom is 0.157 e. The normalized spacial score (nSPS) is 42.1. The number of ketones is 1. The van der Waals surface area contributed by atoms with Crippen LogP contribution in [0.4, 0.5) is 4.39 Å². The van der Waals surface area contributed by atoms with Crippen molar-refractivity contribution in [3.05, 3.63) is 30.2 Å². The van der Waals surface area contributed by atoms with Crippen molar-refractivity contribution in [1.29, 1.82) is 0 Å². The van der Waals surface area contributed by atoms with E-state index in [4.69, 9.17) is 4.74 Å². The molecule has 4 aliphatic rings. The van der Waals surface area contributed by atoms with E-state index < -0.39 is 5.60 Å². The quantitative estimate of drug-likeness (QED) is 0.570. The number of nitrogens with zero attached hydrogens (tertiary/aromatic N) is 2. The molecule has 196 valence electrons. The number of carbonyl (C=O) groups is 1. The van der Waals surface area contributed by atoms with Crippen molar-refractivity contribution in [2.24, 2.45) is 40.4 Å². The maximum atomic E-state index is 14.2. The van der Waals surface area contributed by atoms with Crippen LogP contribution in [0.3, 0.4) is 0 Å². The smallest absolute Gasteiger partial charge is 0.157 e. The molecule has 4 aliphatic carbocycles. The highest BCUT2D eigenvalue weighted by atomic mass is 19.1. The largest absolute Gasteiger partial charge is 0.390 e. The summed E-state index contributed by atoms with van der Waals surface area (Å²) in [4.78, 5) is 13.7. The Kier molecular flexibility index (Phi) is 5.88. The van der Waals surface area contributed by atoms with Crippen molar-refractivity contribution in [3.8, 4) is 0 Å². The fourth-order valence-electron chi connectivity index (χ4n) is 9.76. The van der Waals surface area contributed by atoms with E-state index in [-0.39, 0.29) is 34.9 Å². The van der Waals surface area contributed by atoms with Gasteiger partial charge in [-0.15, -0.1) is 0 Å². The Hall–Kier alpha value is -1.79. The average molecular weight is 497 g/mol. The minimum Gasteiger partial charge on any atom is -0.390 e. The van der Waals surface area contributed by atoms with Gasteiger partial charge in [0, 0.05) is 13.0 Å². The van der Waals surface area contributed by atoms with Gasteiger partial charge in [0.05, 0.1) is 29.3 Å². The standard InChI is InChI=1S/C30H41FN2O3/c1-28(35)13-14-30(18-36-3)19(15-28)7-8-20-22-9-10-24(29(22,2)12-11-23(20)30)27(34)17-33-26-6-4-5-25(31)21(26)16-32-33/h4-6,16,19-20,22-24,35H,7-15,17-18H2,1-3H3/t19-,20+,22+,23+,24-,28-,29+,30-/m1/s1. The number of carbonyl (C=O) groups excluding carboxylic acids is 1. The van der Waals surface area contributed by atoms with Gasteiger partial charge in [-0.25, -0.2) is 4.39 Å². The van der Waals surface area contributed by atoms with Gasteiger partial charge in [-0.05, 0) is 111 Å². The molecule has 0 bridgehead atoms. The molecule has 8 atom stereocenters. The highest BCUT2D eigenvalue weighted by Crippen LogP contribution is 2.68. The molecule has 0 radical (unpaired) electrons. The highest BCUT2D eigenvalue weighted by molar-refractivity contribution is 5.85. The van der Waals surface area contributed by atoms with Gasteiger partial charge >= 0.3 is 0 Å². The van der Waals surface area contributed by atoms with Crippen molar-refractivity contribution < 1.29 is 19.0 Å². The van der Waals surface area contributed by atoms with Gasteiger partial charge < -0.3 is 9.84 Å². The molecule has 6 heteroatoms. The number of benzene rings is 1. The van der Waals surface area contributed by atoms with Crippen molar-refractivity contribution in [2.75, 3.05) is 13.7 Å². The minimum atomic E-state index is -0.553. The molecule has 6 rings (SSSR count). The third-order valence-electron chi connectivity index (χ3n) is 11.4. The molecule has 1 heterocycles. The summed E-state index contributed by atoms with van der Waals surface area (Å²) in [5.74, 6) is 2.35. The van der Waals surface area contributed by atoms with Crippen LogP contribution < -0.4 is 0 Å². The lowest BCUT2D eigenvalue weighted by Crippen LogP contribution is -2.58. The summed E-state index contributed by atoms with van der Waals surface area (Å²) in [6.45, 7) is 5.41. The molecular weight excluding hydrogens is 455 g/mol. The van der Waals surface area contributed by atoms with E-state index >= 15 is 0 Å². The zero-order chi connectivity index (χ0) is 25.3. The molecule has 36 heavy (non-hydrogen) atoms. The summed E-state index contributed by atoms with van der Waals surface area (Å²) in [7, 11) is 1.84. The number of Topliss-reactive ketones (excluding diaryl/α,β-unsaturated/α-hetero) is 1. The van der Waals surface area contributed by atoms with Gasteiger partial charge in [-0.3, -0.25) is 9.48 Å². The van der Waals surface area contributed by atoms with Crippen molar-refractivity contribution >= 4 is 16.7 Å². The Bertz CT molecular complexity index is 1160. The van der Waals surface area contributed by atoms with Gasteiger partial charge in [-0.1, -0.05) is 13.0 Å². The van der Waals surface area contributed by atoms with E-state index in [0.29, 0.717) is 34.6 Å². The Morgan fingerprint density at radius 3 is 2.78 bits per heavy atom. The third-order valence-corrected chi connectivity index (χ3v) is 11.4. The topological polar surface area (TPSA) is 64.3 Å². The molecule has 1 aromatic carbocycles. The summed E-state index contributed by atoms with van der Waals surface area (Å²) in [6, 6.07) is 4.97. The second kappa shape index (κ2) is 8.62. The number of rotatable bonds is 5. The predicted molar refractivity (Wildman–Crippen MR) is 137 cm³/mol. The molecule has 0 saturated heterocycles. The first kappa shape index (κ1) is 24.5. The molecular formula is C30H41FN2O3. The molecule has 4 fully saturated rings. The Morgan fingerprint density at radius 2 is 1.97 bits per heavy atom. The molecule has 0 spiro atoms. The van der Waals surface area contributed by atoms with Crippen LogP contribution in [0.1, 0.15) is 71.6 Å². The van der Waals surface area contributed by atoms with Gasteiger partial charge in [0.1, 0.15) is 12.4 Å². The second-order valence-corrected chi connectivity index (χ2v) is 13.1. The van der Waals surface area contributed by atoms with Crippen LogP contribution in [0.2, 0.25) is 0 Å². The molecule has 1 N–H and O–H groups in total. The minimum absolute atomic E-state index is 0.0215. The van der Waals surface area contributed by atoms with E-state index in [2.05, 4.69) is 12.0 Å². The number of aliphatic hydroxyl groups is 1. The molecule has 0 aliphatic heterocycles. The number of aromatic nitrogens is 2. The van der Waals surface area contributed by atoms with Crippen LogP contribution in [0, 0.1) is 46.2 Å². The Balaban J connectivity index is 1.24. The lowest BCUT2D eigenvalue weighted by atomic mass is 9.43. The first-order chi connectivity index (χ1) is 17.2. The van der Waals surface area contributed by atoms with E-state index in [1.807, 2.05) is 20.1 Å². The summed E-state index contributed by atoms with van der Waals surface area (Å²) in [5, 5.41) is 15.7. The van der Waals surface area contributed by atoms with E-state index in [9.17, 15) is 14.3 Å². The average Bonchev–Trinajstić information content (AvgIpc) is 3.41. The van der Waals surface area contributed by atoms with Crippen LogP contribution in [0.25, 0.3) is 10.9 Å². The monoisotopic (exact) mass is 496 g/mol. The zero-order valence-corrected chi connectivity index (χ0v) is 22.0. The van der Waals surface area contributed by atoms with Crippen LogP contribution in [0.15, 0.2) is 24.4 Å². The number of fused-ring (bicyclic) bond motifs is 6. The van der Waals surface area contributed by atoms with Gasteiger partial charge in [-0.2, -0.15) is 5.10 Å². The Labute approximate surface area is 213 Å². The fourth-order valence-corrected chi connectivity index (χ4v) is 9.76. The number of hydrogen-bond acceptors (Lipinski definition) is 4. The first-order valence-corrected chi connectivity index (χ1v) is 14.0. The van der Waals surface area contributed by atoms with Gasteiger partial charge in [0.15, 0.2) is 5.78 Å². The van der Waals surface area contributed by atoms with Gasteiger partial charge in [0.25, 0.3) is 0 Å². The lowest BCUT2D eigenvalue weighted by molar-refractivity contribution is -0.175. The van der Waals surface area contributed by atoms with Crippen LogP contribution >= 0.6 is 0 Å². The Morgan fingerprint density at radius 1 is 1.14 bits per heavy atom. The van der Waals surface area contributed by atoms with Crippen LogP contribution in [0.5, 0.6) is 0 Å². The second-order valence-electron chi connectivity index (χ2n) is 13.1. The summed E-state index contributed by atoms with van der Waals surface area (Å²) >= 11 is 0. The van der Waals surface area contributed by atoms with E-state index in [1.165, 1.54) is 18.7 Å². The van der Waals surface area contributed by atoms with Gasteiger partial charge in [0.2, 0.25) is 0 Å². The molecule has 4 saturated carbocycles. The molecule has 0 unspecified atom stereocenters. The zero-order valence-electron chi connectivity index (χ0n) is 22.0. The first-order valence-electron chi connectivity index (χ1n) is 14.0.